The quantitative estimate of drug-likeness (QED) is 0.567. The Bertz CT molecular complexity index is 533. The Balaban J connectivity index is 2.70. The molecule has 1 amide bonds. The molecule has 1 aromatic rings. The molecule has 1 unspecified atom stereocenters. The smallest absolute Gasteiger partial charge is 0.292 e. The molecule has 0 saturated heterocycles. The summed E-state index contributed by atoms with van der Waals surface area (Å²) in [5, 5.41) is 16.0. The van der Waals surface area contributed by atoms with Gasteiger partial charge in [-0.25, -0.2) is 0 Å². The Morgan fingerprint density at radius 3 is 2.45 bits per heavy atom. The highest BCUT2D eigenvalue weighted by Crippen LogP contribution is 2.15. The summed E-state index contributed by atoms with van der Waals surface area (Å²) in [4.78, 5) is 24.0. The van der Waals surface area contributed by atoms with E-state index in [1.807, 2.05) is 20.8 Å². The normalized spacial score (nSPS) is 14.5. The van der Waals surface area contributed by atoms with Crippen LogP contribution >= 0.6 is 0 Å². The highest BCUT2D eigenvalue weighted by Gasteiger charge is 2.27. The van der Waals surface area contributed by atoms with E-state index >= 15 is 0 Å². The van der Waals surface area contributed by atoms with Gasteiger partial charge in [-0.3, -0.25) is 14.3 Å². The summed E-state index contributed by atoms with van der Waals surface area (Å²) in [6.07, 6.45) is 2.94. The van der Waals surface area contributed by atoms with Crippen molar-refractivity contribution < 1.29 is 19.4 Å². The third-order valence-electron chi connectivity index (χ3n) is 3.29. The molecule has 0 radical (unpaired) electrons. The first-order valence-corrected chi connectivity index (χ1v) is 7.10. The van der Waals surface area contributed by atoms with Crippen molar-refractivity contribution in [3.8, 4) is 0 Å². The standard InChI is InChI=1S/C15H25N3O4/c1-14(2,3)18-7-11(6-17-18)12(20)13(21)16-8-15(4,9-19)10-22-5/h6-7,19H,8-10H2,1-5H3,(H,16,21). The van der Waals surface area contributed by atoms with Crippen LogP contribution < -0.4 is 5.32 Å². The van der Waals surface area contributed by atoms with Crippen LogP contribution in [0.25, 0.3) is 0 Å². The van der Waals surface area contributed by atoms with Gasteiger partial charge in [0.15, 0.2) is 0 Å². The SMILES string of the molecule is COCC(C)(CO)CNC(=O)C(=O)c1cnn(C(C)(C)C)c1. The van der Waals surface area contributed by atoms with Crippen LogP contribution in [0.3, 0.4) is 0 Å². The van der Waals surface area contributed by atoms with Gasteiger partial charge in [0.05, 0.1) is 30.5 Å². The van der Waals surface area contributed by atoms with E-state index in [1.165, 1.54) is 13.3 Å². The highest BCUT2D eigenvalue weighted by atomic mass is 16.5. The summed E-state index contributed by atoms with van der Waals surface area (Å²) < 4.78 is 6.64. The number of nitrogens with one attached hydrogen (secondary N) is 1. The van der Waals surface area contributed by atoms with E-state index < -0.39 is 17.1 Å². The Labute approximate surface area is 130 Å². The van der Waals surface area contributed by atoms with Crippen LogP contribution in [0.1, 0.15) is 38.1 Å². The van der Waals surface area contributed by atoms with Crippen molar-refractivity contribution in [1.29, 1.82) is 0 Å². The maximum atomic E-state index is 12.1. The van der Waals surface area contributed by atoms with Crippen molar-refractivity contribution in [3.05, 3.63) is 18.0 Å². The fourth-order valence-electron chi connectivity index (χ4n) is 1.81. The number of aliphatic hydroxyl groups excluding tert-OH is 1. The minimum Gasteiger partial charge on any atom is -0.396 e. The fourth-order valence-corrected chi connectivity index (χ4v) is 1.81. The lowest BCUT2D eigenvalue weighted by Gasteiger charge is -2.26. The van der Waals surface area contributed by atoms with Crippen LogP contribution in [-0.4, -0.2) is 53.4 Å². The topological polar surface area (TPSA) is 93.4 Å². The average molecular weight is 311 g/mol. The van der Waals surface area contributed by atoms with Gasteiger partial charge in [0.1, 0.15) is 0 Å². The Hall–Kier alpha value is -1.73. The predicted octanol–water partition coefficient (Wildman–Crippen LogP) is 0.582. The van der Waals surface area contributed by atoms with Crippen molar-refractivity contribution in [2.45, 2.75) is 33.2 Å². The number of ketones is 1. The molecule has 0 aliphatic carbocycles. The molecule has 7 nitrogen and oxygen atoms in total. The van der Waals surface area contributed by atoms with E-state index in [4.69, 9.17) is 4.74 Å². The average Bonchev–Trinajstić information content (AvgIpc) is 2.94. The molecule has 124 valence electrons. The summed E-state index contributed by atoms with van der Waals surface area (Å²) >= 11 is 0. The maximum Gasteiger partial charge on any atom is 0.292 e. The first-order chi connectivity index (χ1) is 10.1. The molecule has 0 aromatic carbocycles. The molecule has 0 spiro atoms. The third-order valence-corrected chi connectivity index (χ3v) is 3.29. The molecular formula is C15H25N3O4. The summed E-state index contributed by atoms with van der Waals surface area (Å²) in [5.74, 6) is -1.36. The fraction of sp³-hybridized carbons (Fsp3) is 0.667. The Morgan fingerprint density at radius 1 is 1.36 bits per heavy atom. The zero-order valence-electron chi connectivity index (χ0n) is 13.8. The Kier molecular flexibility index (Phi) is 5.85. The second kappa shape index (κ2) is 7.02. The highest BCUT2D eigenvalue weighted by molar-refractivity contribution is 6.42. The number of Topliss-reactive ketones (excluding diaryl/α,β-unsaturated/α-hetero) is 1. The van der Waals surface area contributed by atoms with Crippen LogP contribution in [-0.2, 0) is 15.1 Å². The van der Waals surface area contributed by atoms with Crippen molar-refractivity contribution in [3.63, 3.8) is 0 Å². The predicted molar refractivity (Wildman–Crippen MR) is 81.6 cm³/mol. The first-order valence-electron chi connectivity index (χ1n) is 7.10. The molecule has 7 heteroatoms. The number of hydrogen-bond donors (Lipinski definition) is 2. The van der Waals surface area contributed by atoms with Gasteiger partial charge in [-0.1, -0.05) is 6.92 Å². The molecule has 1 rings (SSSR count). The largest absolute Gasteiger partial charge is 0.396 e. The number of hydrogen-bond acceptors (Lipinski definition) is 5. The molecule has 0 saturated carbocycles. The minimum atomic E-state index is -0.718. The Morgan fingerprint density at radius 2 is 2.00 bits per heavy atom. The molecule has 2 N–H and O–H groups in total. The third kappa shape index (κ3) is 4.64. The van der Waals surface area contributed by atoms with E-state index in [9.17, 15) is 14.7 Å². The van der Waals surface area contributed by atoms with Crippen LogP contribution in [0, 0.1) is 5.41 Å². The van der Waals surface area contributed by atoms with Crippen LogP contribution in [0.2, 0.25) is 0 Å². The number of ether oxygens (including phenoxy) is 1. The molecule has 0 fully saturated rings. The van der Waals surface area contributed by atoms with Crippen LogP contribution in [0.4, 0.5) is 0 Å². The number of rotatable bonds is 7. The minimum absolute atomic E-state index is 0.148. The van der Waals surface area contributed by atoms with Crippen molar-refractivity contribution in [2.75, 3.05) is 26.9 Å². The monoisotopic (exact) mass is 311 g/mol. The van der Waals surface area contributed by atoms with E-state index in [-0.39, 0.29) is 30.9 Å². The number of amides is 1. The first kappa shape index (κ1) is 18.3. The lowest BCUT2D eigenvalue weighted by molar-refractivity contribution is -0.117. The zero-order valence-corrected chi connectivity index (χ0v) is 13.8. The van der Waals surface area contributed by atoms with Gasteiger partial charge in [0, 0.05) is 25.3 Å². The maximum absolute atomic E-state index is 12.1. The van der Waals surface area contributed by atoms with Crippen LogP contribution in [0.5, 0.6) is 0 Å². The molecule has 0 aliphatic rings. The summed E-state index contributed by atoms with van der Waals surface area (Å²) in [5.41, 5.74) is -0.645. The molecular weight excluding hydrogens is 286 g/mol. The second-order valence-corrected chi connectivity index (χ2v) is 6.76. The lowest BCUT2D eigenvalue weighted by Crippen LogP contribution is -2.43. The van der Waals surface area contributed by atoms with Gasteiger partial charge in [0.2, 0.25) is 0 Å². The molecule has 1 atom stereocenters. The number of nitrogens with zero attached hydrogens (tertiary/aromatic N) is 2. The molecule has 0 bridgehead atoms. The van der Waals surface area contributed by atoms with Crippen molar-refractivity contribution in [2.24, 2.45) is 5.41 Å². The zero-order chi connectivity index (χ0) is 17.0. The van der Waals surface area contributed by atoms with Gasteiger partial charge in [-0.05, 0) is 20.8 Å². The van der Waals surface area contributed by atoms with Crippen LogP contribution in [0.15, 0.2) is 12.4 Å². The van der Waals surface area contributed by atoms with E-state index in [0.717, 1.165) is 0 Å². The second-order valence-electron chi connectivity index (χ2n) is 6.76. The number of aromatic nitrogens is 2. The van der Waals surface area contributed by atoms with Gasteiger partial charge in [0.25, 0.3) is 11.7 Å². The summed E-state index contributed by atoms with van der Waals surface area (Å²) in [6.45, 7) is 7.88. The number of aliphatic hydroxyl groups is 1. The van der Waals surface area contributed by atoms with Crippen molar-refractivity contribution >= 4 is 11.7 Å². The number of carbonyl (C=O) groups is 2. The molecule has 22 heavy (non-hydrogen) atoms. The van der Waals surface area contributed by atoms with Gasteiger partial charge < -0.3 is 15.2 Å². The lowest BCUT2D eigenvalue weighted by atomic mass is 9.93. The summed E-state index contributed by atoms with van der Waals surface area (Å²) in [6, 6.07) is 0. The van der Waals surface area contributed by atoms with Crippen molar-refractivity contribution in [1.82, 2.24) is 15.1 Å². The molecule has 1 aromatic heterocycles. The van der Waals surface area contributed by atoms with E-state index in [0.29, 0.717) is 0 Å². The van der Waals surface area contributed by atoms with Gasteiger partial charge >= 0.3 is 0 Å². The van der Waals surface area contributed by atoms with Gasteiger partial charge in [-0.2, -0.15) is 5.10 Å². The summed E-state index contributed by atoms with van der Waals surface area (Å²) in [7, 11) is 1.52. The number of methoxy groups -OCH3 is 1. The van der Waals surface area contributed by atoms with E-state index in [2.05, 4.69) is 10.4 Å². The van der Waals surface area contributed by atoms with Gasteiger partial charge in [-0.15, -0.1) is 0 Å². The molecule has 1 heterocycles. The number of carbonyl (C=O) groups excluding carboxylic acids is 2. The molecule has 0 aliphatic heterocycles. The van der Waals surface area contributed by atoms with E-state index in [1.54, 1.807) is 17.8 Å².